The summed E-state index contributed by atoms with van der Waals surface area (Å²) in [5.74, 6) is 0.420. The summed E-state index contributed by atoms with van der Waals surface area (Å²) in [6, 6.07) is 17.5. The zero-order valence-corrected chi connectivity index (χ0v) is 13.7. The highest BCUT2D eigenvalue weighted by Gasteiger charge is 2.17. The van der Waals surface area contributed by atoms with Crippen LogP contribution in [0.4, 0.5) is 0 Å². The Kier molecular flexibility index (Phi) is 6.21. The molecular weight excluding hydrogens is 288 g/mol. The van der Waals surface area contributed by atoms with Crippen LogP contribution in [0.3, 0.4) is 0 Å². The molecule has 0 fully saturated rings. The van der Waals surface area contributed by atoms with Crippen LogP contribution in [0.5, 0.6) is 5.75 Å². The molecule has 0 amide bonds. The van der Waals surface area contributed by atoms with E-state index in [4.69, 9.17) is 4.74 Å². The van der Waals surface area contributed by atoms with Crippen LogP contribution in [-0.4, -0.2) is 17.7 Å². The van der Waals surface area contributed by atoms with Gasteiger partial charge in [0.15, 0.2) is 0 Å². The normalized spacial score (nSPS) is 13.3. The predicted molar refractivity (Wildman–Crippen MR) is 91.9 cm³/mol. The van der Waals surface area contributed by atoms with Gasteiger partial charge >= 0.3 is 5.97 Å². The van der Waals surface area contributed by atoms with Crippen LogP contribution in [-0.2, 0) is 4.79 Å². The molecule has 2 atom stereocenters. The fourth-order valence-electron chi connectivity index (χ4n) is 2.44. The Morgan fingerprint density at radius 1 is 1.04 bits per heavy atom. The highest BCUT2D eigenvalue weighted by atomic mass is 16.5. The van der Waals surface area contributed by atoms with Crippen molar-refractivity contribution in [3.63, 3.8) is 0 Å². The van der Waals surface area contributed by atoms with Gasteiger partial charge in [-0.2, -0.15) is 0 Å². The van der Waals surface area contributed by atoms with Crippen LogP contribution >= 0.6 is 0 Å². The van der Waals surface area contributed by atoms with Crippen molar-refractivity contribution in [1.82, 2.24) is 0 Å². The number of carboxylic acid groups (broad SMARTS) is 1. The Morgan fingerprint density at radius 2 is 1.65 bits per heavy atom. The summed E-state index contributed by atoms with van der Waals surface area (Å²) in [5, 5.41) is 9.21. The molecule has 0 aliphatic rings. The Balaban J connectivity index is 2.14. The quantitative estimate of drug-likeness (QED) is 0.767. The smallest absolute Gasteiger partial charge is 0.304 e. The summed E-state index contributed by atoms with van der Waals surface area (Å²) in [4.78, 5) is 11.2. The van der Waals surface area contributed by atoms with Crippen molar-refractivity contribution in [2.75, 3.05) is 6.61 Å². The van der Waals surface area contributed by atoms with E-state index in [2.05, 4.69) is 13.8 Å². The van der Waals surface area contributed by atoms with E-state index in [1.54, 1.807) is 0 Å². The number of rotatable bonds is 8. The molecule has 0 spiro atoms. The minimum atomic E-state index is -0.795. The van der Waals surface area contributed by atoms with Gasteiger partial charge in [-0.25, -0.2) is 0 Å². The van der Waals surface area contributed by atoms with E-state index in [1.165, 1.54) is 0 Å². The molecule has 2 rings (SSSR count). The highest BCUT2D eigenvalue weighted by Crippen LogP contribution is 2.29. The third-order valence-electron chi connectivity index (χ3n) is 4.09. The van der Waals surface area contributed by atoms with Crippen molar-refractivity contribution in [3.8, 4) is 5.75 Å². The molecule has 0 bridgehead atoms. The van der Waals surface area contributed by atoms with Crippen molar-refractivity contribution in [3.05, 3.63) is 65.7 Å². The fourth-order valence-corrected chi connectivity index (χ4v) is 2.44. The molecule has 0 saturated carbocycles. The number of carbonyl (C=O) groups is 1. The second kappa shape index (κ2) is 8.37. The van der Waals surface area contributed by atoms with Crippen LogP contribution in [0.15, 0.2) is 54.6 Å². The summed E-state index contributed by atoms with van der Waals surface area (Å²) in [6.07, 6.45) is 1.17. The number of aliphatic carboxylic acids is 1. The van der Waals surface area contributed by atoms with E-state index < -0.39 is 5.97 Å². The van der Waals surface area contributed by atoms with Gasteiger partial charge in [0.2, 0.25) is 0 Å². The van der Waals surface area contributed by atoms with Gasteiger partial charge in [-0.3, -0.25) is 4.79 Å². The fraction of sp³-hybridized carbons (Fsp3) is 0.350. The van der Waals surface area contributed by atoms with Crippen LogP contribution in [0.25, 0.3) is 0 Å². The summed E-state index contributed by atoms with van der Waals surface area (Å²) >= 11 is 0. The lowest BCUT2D eigenvalue weighted by Crippen LogP contribution is -2.09. The average Bonchev–Trinajstić information content (AvgIpc) is 2.58. The van der Waals surface area contributed by atoms with Gasteiger partial charge in [0.1, 0.15) is 5.75 Å². The van der Waals surface area contributed by atoms with Gasteiger partial charge in [-0.1, -0.05) is 62.7 Å². The maximum absolute atomic E-state index is 11.2. The standard InChI is InChI=1S/C20H24O3/c1-3-15(2)14-23-18-11-9-17(10-12-18)19(13-20(21)22)16-7-5-4-6-8-16/h4-12,15,19H,3,13-14H2,1-2H3,(H,21,22)/t15-,19-/m1/s1. The SMILES string of the molecule is CC[C@@H](C)COc1ccc([C@H](CC(=O)O)c2ccccc2)cc1. The second-order valence-corrected chi connectivity index (χ2v) is 5.95. The maximum Gasteiger partial charge on any atom is 0.304 e. The molecule has 0 aliphatic carbocycles. The van der Waals surface area contributed by atoms with E-state index in [-0.39, 0.29) is 12.3 Å². The summed E-state index contributed by atoms with van der Waals surface area (Å²) in [5.41, 5.74) is 2.01. The molecule has 0 aromatic heterocycles. The van der Waals surface area contributed by atoms with E-state index in [9.17, 15) is 9.90 Å². The van der Waals surface area contributed by atoms with Gasteiger partial charge < -0.3 is 9.84 Å². The first kappa shape index (κ1) is 17.1. The molecule has 0 aliphatic heterocycles. The maximum atomic E-state index is 11.2. The van der Waals surface area contributed by atoms with Crippen LogP contribution < -0.4 is 4.74 Å². The Morgan fingerprint density at radius 3 is 2.22 bits per heavy atom. The Bertz CT molecular complexity index is 605. The summed E-state index contributed by atoms with van der Waals surface area (Å²) < 4.78 is 5.76. The number of benzene rings is 2. The van der Waals surface area contributed by atoms with Gasteiger partial charge in [0.25, 0.3) is 0 Å². The number of hydrogen-bond acceptors (Lipinski definition) is 2. The lowest BCUT2D eigenvalue weighted by molar-refractivity contribution is -0.137. The van der Waals surface area contributed by atoms with Gasteiger partial charge in [0, 0.05) is 5.92 Å². The molecule has 122 valence electrons. The summed E-state index contributed by atoms with van der Waals surface area (Å²) in [7, 11) is 0. The van der Waals surface area contributed by atoms with Gasteiger partial charge in [-0.05, 0) is 29.2 Å². The second-order valence-electron chi connectivity index (χ2n) is 5.95. The molecule has 1 N–H and O–H groups in total. The van der Waals surface area contributed by atoms with E-state index in [1.807, 2.05) is 54.6 Å². The first-order valence-electron chi connectivity index (χ1n) is 8.09. The monoisotopic (exact) mass is 312 g/mol. The average molecular weight is 312 g/mol. The van der Waals surface area contributed by atoms with E-state index in [0.29, 0.717) is 12.5 Å². The molecular formula is C20H24O3. The zero-order valence-electron chi connectivity index (χ0n) is 13.7. The van der Waals surface area contributed by atoms with Crippen molar-refractivity contribution in [2.45, 2.75) is 32.6 Å². The first-order chi connectivity index (χ1) is 11.1. The largest absolute Gasteiger partial charge is 0.493 e. The molecule has 0 unspecified atom stereocenters. The third-order valence-corrected chi connectivity index (χ3v) is 4.09. The molecule has 3 heteroatoms. The van der Waals surface area contributed by atoms with Crippen molar-refractivity contribution < 1.29 is 14.6 Å². The third kappa shape index (κ3) is 5.13. The van der Waals surface area contributed by atoms with Crippen LogP contribution in [0, 0.1) is 5.92 Å². The zero-order chi connectivity index (χ0) is 16.7. The minimum absolute atomic E-state index is 0.0804. The minimum Gasteiger partial charge on any atom is -0.493 e. The van der Waals surface area contributed by atoms with Crippen LogP contribution in [0.2, 0.25) is 0 Å². The topological polar surface area (TPSA) is 46.5 Å². The van der Waals surface area contributed by atoms with Crippen molar-refractivity contribution >= 4 is 5.97 Å². The van der Waals surface area contributed by atoms with E-state index >= 15 is 0 Å². The molecule has 2 aromatic carbocycles. The Labute approximate surface area is 137 Å². The molecule has 0 radical (unpaired) electrons. The number of carboxylic acids is 1. The molecule has 2 aromatic rings. The summed E-state index contributed by atoms with van der Waals surface area (Å²) in [6.45, 7) is 5.01. The van der Waals surface area contributed by atoms with Crippen LogP contribution in [0.1, 0.15) is 43.7 Å². The van der Waals surface area contributed by atoms with Crippen molar-refractivity contribution in [2.24, 2.45) is 5.92 Å². The predicted octanol–water partition coefficient (Wildman–Crippen LogP) is 4.72. The lowest BCUT2D eigenvalue weighted by atomic mass is 9.88. The highest BCUT2D eigenvalue weighted by molar-refractivity contribution is 5.69. The van der Waals surface area contributed by atoms with Crippen molar-refractivity contribution in [1.29, 1.82) is 0 Å². The molecule has 0 saturated heterocycles. The lowest BCUT2D eigenvalue weighted by Gasteiger charge is -2.17. The number of ether oxygens (including phenoxy) is 1. The molecule has 3 nitrogen and oxygen atoms in total. The molecule has 0 heterocycles. The van der Waals surface area contributed by atoms with E-state index in [0.717, 1.165) is 23.3 Å². The number of hydrogen-bond donors (Lipinski definition) is 1. The van der Waals surface area contributed by atoms with Gasteiger partial charge in [-0.15, -0.1) is 0 Å². The Hall–Kier alpha value is -2.29. The van der Waals surface area contributed by atoms with Gasteiger partial charge in [0.05, 0.1) is 13.0 Å². The molecule has 23 heavy (non-hydrogen) atoms. The first-order valence-corrected chi connectivity index (χ1v) is 8.09.